The number of hydrogen-bond acceptors (Lipinski definition) is 25. The normalized spacial score (nSPS) is 29.3. The van der Waals surface area contributed by atoms with Crippen LogP contribution in [-0.2, 0) is 43.0 Å². The van der Waals surface area contributed by atoms with Gasteiger partial charge in [0.2, 0.25) is 29.5 Å². The molecule has 0 aromatic rings. The molecule has 20 N–H and O–H groups in total. The summed E-state index contributed by atoms with van der Waals surface area (Å²) in [6.07, 6.45) is -17.3. The van der Waals surface area contributed by atoms with E-state index in [1.54, 1.807) is 0 Å². The number of unbranched alkanes of at least 4 members (excludes halogenated alkanes) is 5. The van der Waals surface area contributed by atoms with Crippen LogP contribution in [0.2, 0.25) is 0 Å². The van der Waals surface area contributed by atoms with Gasteiger partial charge in [0, 0.05) is 56.2 Å². The van der Waals surface area contributed by atoms with Crippen molar-refractivity contribution in [3.05, 3.63) is 0 Å². The van der Waals surface area contributed by atoms with E-state index >= 15 is 0 Å². The topological polar surface area (TPSA) is 479 Å². The Kier molecular flexibility index (Phi) is 36.2. The van der Waals surface area contributed by atoms with Gasteiger partial charge in [0.25, 0.3) is 0 Å². The van der Waals surface area contributed by atoms with Crippen LogP contribution in [0.4, 0.5) is 13.2 Å². The van der Waals surface area contributed by atoms with E-state index in [0.717, 1.165) is 54.5 Å². The predicted molar refractivity (Wildman–Crippen MR) is 284 cm³/mol. The summed E-state index contributed by atoms with van der Waals surface area (Å²) in [5, 5.41) is 141. The van der Waals surface area contributed by atoms with Crippen molar-refractivity contribution in [3.63, 3.8) is 0 Å². The minimum atomic E-state index is -5.08. The smallest absolute Gasteiger partial charge is 0.475 e. The largest absolute Gasteiger partial charge is 0.490 e. The van der Waals surface area contributed by atoms with Gasteiger partial charge in [-0.2, -0.15) is 13.2 Å². The number of aliphatic hydroxyl groups is 12. The number of nitrogens with two attached hydrogens (primary N) is 1. The van der Waals surface area contributed by atoms with Gasteiger partial charge < -0.3 is 113 Å². The molecular weight excluding hydrogens is 1150 g/mol. The molecule has 3 heterocycles. The molecule has 5 amide bonds. The summed E-state index contributed by atoms with van der Waals surface area (Å²) >= 11 is 3.03. The van der Waals surface area contributed by atoms with E-state index in [4.69, 9.17) is 29.8 Å². The second-order valence-electron chi connectivity index (χ2n) is 19.1. The van der Waals surface area contributed by atoms with Crippen LogP contribution in [0.1, 0.15) is 83.5 Å². The van der Waals surface area contributed by atoms with Gasteiger partial charge in [-0.3, -0.25) is 24.0 Å². The number of halogens is 3. The standard InChI is InChI=1S/C45H82N6O20S3.C2HF3O2/c46-14-5-1-2-6-17-49-41(67)24(9-3-7-15-47-29(55)11-18-72-43-38(64)35(61)32(58)26(21-52)69-43)51-42(68)25(50-31(57)13-20-74-45-40(66)37(63)34(60)28(23-54)71-45)10-4-8-16-48-30(56)12-19-73-44-39(65)36(62)33(59)27(22-53)70-44;3-2(4,5)1(6)7/h24-28,32-40,43-45,52-54,58-66H,1-23,46H2,(H,47,55)(H,48,56)(H,49,67)(H,50,57)(H,51,68);(H,6,7)/t24?,25-,26?,27?,28?,32?,33?,34?,35?,36?,37?,38?,39?,40?,43?,44?,45?;/m1./s1. The maximum atomic E-state index is 14.0. The first-order chi connectivity index (χ1) is 38.3. The molecule has 0 aliphatic carbocycles. The third-order valence-corrected chi connectivity index (χ3v) is 16.3. The first-order valence-electron chi connectivity index (χ1n) is 26.5. The molecule has 16 unspecified atom stereocenters. The fraction of sp³-hybridized carbons (Fsp3) is 0.872. The number of carboxylic acids is 1. The zero-order chi connectivity index (χ0) is 60.8. The molecule has 0 saturated carbocycles. The number of amides is 5. The Labute approximate surface area is 478 Å². The number of nitrogens with one attached hydrogen (secondary N) is 5. The van der Waals surface area contributed by atoms with Crippen LogP contribution in [0, 0.1) is 0 Å². The molecule has 0 aromatic heterocycles. The van der Waals surface area contributed by atoms with Crippen LogP contribution < -0.4 is 32.3 Å². The SMILES string of the molecule is NCCCCCCNC(=O)C(CCCCNC(=O)CCSC1OC(CO)C(O)C(O)C1O)NC(=O)[C@@H](CCCCNC(=O)CCSC1OC(CO)C(O)C(O)C1O)NC(=O)CCSC1OC(CO)C(O)C(O)C1O.O=C(O)C(F)(F)F. The van der Waals surface area contributed by atoms with Crippen LogP contribution in [0.5, 0.6) is 0 Å². The summed E-state index contributed by atoms with van der Waals surface area (Å²) in [4.78, 5) is 75.1. The van der Waals surface area contributed by atoms with Gasteiger partial charge in [0.15, 0.2) is 0 Å². The Morgan fingerprint density at radius 2 is 0.790 bits per heavy atom. The number of rotatable bonds is 35. The quantitative estimate of drug-likeness (QED) is 0.0263. The summed E-state index contributed by atoms with van der Waals surface area (Å²) in [5.41, 5.74) is 2.54. The van der Waals surface area contributed by atoms with Crippen molar-refractivity contribution in [2.75, 3.05) is 63.3 Å². The summed E-state index contributed by atoms with van der Waals surface area (Å²) in [6.45, 7) is -0.505. The van der Waals surface area contributed by atoms with Gasteiger partial charge in [-0.1, -0.05) is 12.8 Å². The van der Waals surface area contributed by atoms with Crippen LogP contribution in [0.25, 0.3) is 0 Å². The van der Waals surface area contributed by atoms with Gasteiger partial charge in [-0.25, -0.2) is 4.79 Å². The zero-order valence-electron chi connectivity index (χ0n) is 44.5. The number of carboxylic acid groups (broad SMARTS) is 1. The van der Waals surface area contributed by atoms with E-state index < -0.39 is 151 Å². The molecule has 17 atom stereocenters. The fourth-order valence-corrected chi connectivity index (χ4v) is 11.4. The molecule has 0 aromatic carbocycles. The number of thioether (sulfide) groups is 3. The molecule has 3 fully saturated rings. The lowest BCUT2D eigenvalue weighted by Gasteiger charge is -2.39. The maximum Gasteiger partial charge on any atom is 0.490 e. The lowest BCUT2D eigenvalue weighted by Crippen LogP contribution is -2.57. The minimum absolute atomic E-state index is 0.000875. The van der Waals surface area contributed by atoms with Crippen molar-refractivity contribution in [3.8, 4) is 0 Å². The monoisotopic (exact) mass is 1240 g/mol. The lowest BCUT2D eigenvalue weighted by molar-refractivity contribution is -0.205. The van der Waals surface area contributed by atoms with Crippen molar-refractivity contribution in [2.24, 2.45) is 5.73 Å². The minimum Gasteiger partial charge on any atom is -0.475 e. The van der Waals surface area contributed by atoms with E-state index in [1.807, 2.05) is 0 Å². The second-order valence-corrected chi connectivity index (χ2v) is 22.7. The van der Waals surface area contributed by atoms with Crippen molar-refractivity contribution in [2.45, 2.75) is 191 Å². The Morgan fingerprint density at radius 3 is 1.15 bits per heavy atom. The average molecular weight is 1240 g/mol. The van der Waals surface area contributed by atoms with Crippen LogP contribution in [-0.4, -0.2) is 273 Å². The van der Waals surface area contributed by atoms with Crippen molar-refractivity contribution >= 4 is 70.8 Å². The summed E-state index contributed by atoms with van der Waals surface area (Å²) in [5.74, 6) is -4.73. The summed E-state index contributed by atoms with van der Waals surface area (Å²) in [7, 11) is 0. The van der Waals surface area contributed by atoms with Crippen molar-refractivity contribution < 1.29 is 123 Å². The number of hydrogen-bond donors (Lipinski definition) is 19. The van der Waals surface area contributed by atoms with Crippen molar-refractivity contribution in [1.29, 1.82) is 0 Å². The molecule has 472 valence electrons. The van der Waals surface area contributed by atoms with E-state index in [-0.39, 0.29) is 74.3 Å². The van der Waals surface area contributed by atoms with E-state index in [2.05, 4.69) is 26.6 Å². The number of alkyl halides is 3. The van der Waals surface area contributed by atoms with Gasteiger partial charge in [-0.05, 0) is 57.9 Å². The molecule has 0 radical (unpaired) electrons. The molecule has 3 rings (SSSR count). The Hall–Kier alpha value is -2.98. The number of carbonyl (C=O) groups is 6. The molecule has 34 heteroatoms. The Morgan fingerprint density at radius 1 is 0.457 bits per heavy atom. The summed E-state index contributed by atoms with van der Waals surface area (Å²) in [6, 6.07) is -2.20. The zero-order valence-corrected chi connectivity index (χ0v) is 47.0. The van der Waals surface area contributed by atoms with Gasteiger partial charge in [0.05, 0.1) is 19.8 Å². The van der Waals surface area contributed by atoms with Gasteiger partial charge >= 0.3 is 12.1 Å². The molecule has 28 nitrogen and oxygen atoms in total. The first-order valence-corrected chi connectivity index (χ1v) is 29.6. The van der Waals surface area contributed by atoms with Crippen LogP contribution >= 0.6 is 35.3 Å². The highest BCUT2D eigenvalue weighted by atomic mass is 32.2. The molecule has 3 saturated heterocycles. The first kappa shape index (κ1) is 74.1. The lowest BCUT2D eigenvalue weighted by atomic mass is 10.0. The molecular formula is C47H83F3N6O22S3. The van der Waals surface area contributed by atoms with Gasteiger partial charge in [-0.15, -0.1) is 35.3 Å². The Bertz CT molecular complexity index is 1860. The molecule has 81 heavy (non-hydrogen) atoms. The molecule has 0 bridgehead atoms. The molecule has 3 aliphatic heterocycles. The van der Waals surface area contributed by atoms with E-state index in [0.29, 0.717) is 45.2 Å². The van der Waals surface area contributed by atoms with Crippen LogP contribution in [0.3, 0.4) is 0 Å². The fourth-order valence-electron chi connectivity index (χ4n) is 8.03. The van der Waals surface area contributed by atoms with Crippen LogP contribution in [0.15, 0.2) is 0 Å². The highest BCUT2D eigenvalue weighted by Crippen LogP contribution is 2.31. The highest BCUT2D eigenvalue weighted by Gasteiger charge is 2.46. The number of ether oxygens (including phenoxy) is 3. The maximum absolute atomic E-state index is 14.0. The third kappa shape index (κ3) is 26.9. The third-order valence-electron chi connectivity index (χ3n) is 12.8. The highest BCUT2D eigenvalue weighted by molar-refractivity contribution is 8.00. The average Bonchev–Trinajstić information content (AvgIpc) is 3.42. The number of aliphatic carboxylic acids is 1. The Balaban J connectivity index is 0.00000299. The van der Waals surface area contributed by atoms with E-state index in [9.17, 15) is 98.4 Å². The second kappa shape index (κ2) is 39.6. The number of aliphatic hydroxyl groups excluding tert-OH is 12. The molecule has 0 spiro atoms. The van der Waals surface area contributed by atoms with Gasteiger partial charge in [0.1, 0.15) is 102 Å². The number of carbonyl (C=O) groups excluding carboxylic acids is 5. The molecule has 3 aliphatic rings. The summed E-state index contributed by atoms with van der Waals surface area (Å²) < 4.78 is 48.2. The van der Waals surface area contributed by atoms with E-state index in [1.165, 1.54) is 0 Å². The van der Waals surface area contributed by atoms with Crippen molar-refractivity contribution in [1.82, 2.24) is 26.6 Å². The predicted octanol–water partition coefficient (Wildman–Crippen LogP) is -5.43.